The standard InChI is InChI=1S/C13H17N3OS/c1-10-3-5-11(6-4-10)14-8-7-13-15-12(9-18-2)16-17-13/h3-6,14H,7-9H2,1-2H3. The van der Waals surface area contributed by atoms with Crippen LogP contribution in [0.5, 0.6) is 0 Å². The zero-order valence-electron chi connectivity index (χ0n) is 10.6. The average Bonchev–Trinajstić information content (AvgIpc) is 2.80. The Morgan fingerprint density at radius 3 is 2.78 bits per heavy atom. The number of hydrogen-bond acceptors (Lipinski definition) is 5. The van der Waals surface area contributed by atoms with Crippen molar-refractivity contribution in [1.82, 2.24) is 10.1 Å². The summed E-state index contributed by atoms with van der Waals surface area (Å²) in [6, 6.07) is 8.32. The lowest BCUT2D eigenvalue weighted by Gasteiger charge is -2.04. The fourth-order valence-electron chi connectivity index (χ4n) is 1.56. The maximum absolute atomic E-state index is 5.16. The Morgan fingerprint density at radius 2 is 2.06 bits per heavy atom. The van der Waals surface area contributed by atoms with E-state index in [1.807, 2.05) is 6.26 Å². The first kappa shape index (κ1) is 13.0. The Morgan fingerprint density at radius 1 is 1.28 bits per heavy atom. The molecule has 4 nitrogen and oxygen atoms in total. The molecule has 0 radical (unpaired) electrons. The molecule has 0 unspecified atom stereocenters. The van der Waals surface area contributed by atoms with E-state index in [-0.39, 0.29) is 0 Å². The average molecular weight is 263 g/mol. The van der Waals surface area contributed by atoms with Gasteiger partial charge in [0.15, 0.2) is 5.82 Å². The van der Waals surface area contributed by atoms with Gasteiger partial charge in [-0.15, -0.1) is 0 Å². The normalized spacial score (nSPS) is 10.6. The van der Waals surface area contributed by atoms with Crippen molar-refractivity contribution in [3.8, 4) is 0 Å². The van der Waals surface area contributed by atoms with Gasteiger partial charge in [-0.3, -0.25) is 0 Å². The van der Waals surface area contributed by atoms with E-state index >= 15 is 0 Å². The molecule has 0 aliphatic carbocycles. The third-order valence-corrected chi connectivity index (χ3v) is 3.05. The van der Waals surface area contributed by atoms with Crippen molar-refractivity contribution in [2.24, 2.45) is 0 Å². The Bertz CT molecular complexity index is 481. The van der Waals surface area contributed by atoms with E-state index in [0.29, 0.717) is 5.89 Å². The molecule has 96 valence electrons. The summed E-state index contributed by atoms with van der Waals surface area (Å²) >= 11 is 1.69. The summed E-state index contributed by atoms with van der Waals surface area (Å²) in [6.07, 6.45) is 2.77. The molecule has 1 heterocycles. The first-order valence-electron chi connectivity index (χ1n) is 5.89. The largest absolute Gasteiger partial charge is 0.385 e. The summed E-state index contributed by atoms with van der Waals surface area (Å²) in [5.74, 6) is 2.26. The van der Waals surface area contributed by atoms with Gasteiger partial charge in [0.2, 0.25) is 5.89 Å². The number of benzene rings is 1. The van der Waals surface area contributed by atoms with Crippen LogP contribution in [0.15, 0.2) is 28.8 Å². The fraction of sp³-hybridized carbons (Fsp3) is 0.385. The molecule has 0 aliphatic rings. The van der Waals surface area contributed by atoms with Gasteiger partial charge in [0.25, 0.3) is 0 Å². The number of thioether (sulfide) groups is 1. The van der Waals surface area contributed by atoms with E-state index in [0.717, 1.165) is 30.2 Å². The van der Waals surface area contributed by atoms with Gasteiger partial charge in [-0.05, 0) is 25.3 Å². The first-order valence-corrected chi connectivity index (χ1v) is 7.28. The molecule has 2 aromatic rings. The third-order valence-electron chi connectivity index (χ3n) is 2.50. The highest BCUT2D eigenvalue weighted by Crippen LogP contribution is 2.09. The molecule has 0 bridgehead atoms. The quantitative estimate of drug-likeness (QED) is 0.868. The lowest BCUT2D eigenvalue weighted by atomic mass is 10.2. The van der Waals surface area contributed by atoms with Crippen LogP contribution in [0, 0.1) is 6.92 Å². The molecule has 0 aliphatic heterocycles. The van der Waals surface area contributed by atoms with E-state index in [4.69, 9.17) is 4.52 Å². The van der Waals surface area contributed by atoms with E-state index in [1.54, 1.807) is 11.8 Å². The first-order chi connectivity index (χ1) is 8.78. The maximum Gasteiger partial charge on any atom is 0.228 e. The number of nitrogens with zero attached hydrogens (tertiary/aromatic N) is 2. The molecule has 1 N–H and O–H groups in total. The van der Waals surface area contributed by atoms with Crippen LogP contribution in [0.1, 0.15) is 17.3 Å². The Balaban J connectivity index is 1.79. The lowest BCUT2D eigenvalue weighted by Crippen LogP contribution is -2.05. The van der Waals surface area contributed by atoms with Crippen LogP contribution < -0.4 is 5.32 Å². The van der Waals surface area contributed by atoms with Crippen LogP contribution in [-0.2, 0) is 12.2 Å². The van der Waals surface area contributed by atoms with Crippen LogP contribution in [0.4, 0.5) is 5.69 Å². The second-order valence-electron chi connectivity index (χ2n) is 4.08. The highest BCUT2D eigenvalue weighted by Gasteiger charge is 2.04. The predicted octanol–water partition coefficient (Wildman–Crippen LogP) is 2.90. The molecule has 2 rings (SSSR count). The molecule has 0 amide bonds. The van der Waals surface area contributed by atoms with Crippen molar-refractivity contribution < 1.29 is 4.52 Å². The van der Waals surface area contributed by atoms with E-state index < -0.39 is 0 Å². The molecule has 1 aromatic heterocycles. The van der Waals surface area contributed by atoms with Crippen LogP contribution in [0.3, 0.4) is 0 Å². The minimum Gasteiger partial charge on any atom is -0.385 e. The second kappa shape index (κ2) is 6.44. The molecule has 0 atom stereocenters. The number of hydrogen-bond donors (Lipinski definition) is 1. The summed E-state index contributed by atoms with van der Waals surface area (Å²) < 4.78 is 5.16. The summed E-state index contributed by atoms with van der Waals surface area (Å²) in [7, 11) is 0. The third kappa shape index (κ3) is 3.77. The number of anilines is 1. The predicted molar refractivity (Wildman–Crippen MR) is 74.9 cm³/mol. The van der Waals surface area contributed by atoms with Crippen LogP contribution in [-0.4, -0.2) is 22.9 Å². The van der Waals surface area contributed by atoms with Crippen LogP contribution in [0.25, 0.3) is 0 Å². The highest BCUT2D eigenvalue weighted by molar-refractivity contribution is 7.97. The van der Waals surface area contributed by atoms with Crippen molar-refractivity contribution in [2.45, 2.75) is 19.1 Å². The Hall–Kier alpha value is -1.49. The van der Waals surface area contributed by atoms with Crippen molar-refractivity contribution in [3.05, 3.63) is 41.5 Å². The topological polar surface area (TPSA) is 51.0 Å². The number of rotatable bonds is 6. The summed E-state index contributed by atoms with van der Waals surface area (Å²) in [5.41, 5.74) is 2.38. The maximum atomic E-state index is 5.16. The minimum absolute atomic E-state index is 0.693. The molecular formula is C13H17N3OS. The highest BCUT2D eigenvalue weighted by atomic mass is 32.2. The number of aromatic nitrogens is 2. The van der Waals surface area contributed by atoms with E-state index in [1.165, 1.54) is 5.56 Å². The smallest absolute Gasteiger partial charge is 0.228 e. The molecule has 0 fully saturated rings. The molecule has 0 saturated heterocycles. The van der Waals surface area contributed by atoms with Gasteiger partial charge in [0.1, 0.15) is 0 Å². The van der Waals surface area contributed by atoms with Gasteiger partial charge in [-0.25, -0.2) is 0 Å². The van der Waals surface area contributed by atoms with Gasteiger partial charge in [-0.2, -0.15) is 16.7 Å². The van der Waals surface area contributed by atoms with Gasteiger partial charge < -0.3 is 9.84 Å². The number of nitrogens with one attached hydrogen (secondary N) is 1. The summed E-state index contributed by atoms with van der Waals surface area (Å²) in [4.78, 5) is 4.31. The van der Waals surface area contributed by atoms with Gasteiger partial charge in [0.05, 0.1) is 5.75 Å². The zero-order valence-corrected chi connectivity index (χ0v) is 11.5. The Labute approximate surface area is 111 Å². The lowest BCUT2D eigenvalue weighted by molar-refractivity contribution is 0.376. The molecule has 5 heteroatoms. The zero-order chi connectivity index (χ0) is 12.8. The van der Waals surface area contributed by atoms with Gasteiger partial charge >= 0.3 is 0 Å². The van der Waals surface area contributed by atoms with Crippen LogP contribution >= 0.6 is 11.8 Å². The van der Waals surface area contributed by atoms with Crippen molar-refractivity contribution in [3.63, 3.8) is 0 Å². The van der Waals surface area contributed by atoms with E-state index in [9.17, 15) is 0 Å². The SMILES string of the molecule is CSCc1noc(CCNc2ccc(C)cc2)n1. The minimum atomic E-state index is 0.693. The van der Waals surface area contributed by atoms with Crippen molar-refractivity contribution >= 4 is 17.4 Å². The van der Waals surface area contributed by atoms with Gasteiger partial charge in [0, 0.05) is 18.7 Å². The van der Waals surface area contributed by atoms with Crippen molar-refractivity contribution in [1.29, 1.82) is 0 Å². The van der Waals surface area contributed by atoms with E-state index in [2.05, 4.69) is 46.6 Å². The molecule has 1 aromatic carbocycles. The Kier molecular flexibility index (Phi) is 4.64. The second-order valence-corrected chi connectivity index (χ2v) is 4.95. The fourth-order valence-corrected chi connectivity index (χ4v) is 1.94. The molecule has 18 heavy (non-hydrogen) atoms. The summed E-state index contributed by atoms with van der Waals surface area (Å²) in [6.45, 7) is 2.87. The summed E-state index contributed by atoms with van der Waals surface area (Å²) in [5, 5.41) is 7.24. The molecule has 0 saturated carbocycles. The van der Waals surface area contributed by atoms with Crippen molar-refractivity contribution in [2.75, 3.05) is 18.1 Å². The van der Waals surface area contributed by atoms with Crippen LogP contribution in [0.2, 0.25) is 0 Å². The number of aryl methyl sites for hydroxylation is 1. The monoisotopic (exact) mass is 263 g/mol. The van der Waals surface area contributed by atoms with Gasteiger partial charge in [-0.1, -0.05) is 22.9 Å². The molecule has 0 spiro atoms. The molecular weight excluding hydrogens is 246 g/mol.